The van der Waals surface area contributed by atoms with E-state index in [2.05, 4.69) is 28.5 Å². The molecule has 2 aliphatic heterocycles. The highest BCUT2D eigenvalue weighted by molar-refractivity contribution is 7.09. The van der Waals surface area contributed by atoms with Gasteiger partial charge in [0.25, 0.3) is 0 Å². The predicted octanol–water partition coefficient (Wildman–Crippen LogP) is 4.46. The third-order valence-corrected chi connectivity index (χ3v) is 6.80. The summed E-state index contributed by atoms with van der Waals surface area (Å²) in [6, 6.07) is 8.38. The summed E-state index contributed by atoms with van der Waals surface area (Å²) in [6.07, 6.45) is 3.16. The van der Waals surface area contributed by atoms with Crippen molar-refractivity contribution in [2.24, 2.45) is 11.7 Å². The largest absolute Gasteiger partial charge is 0.507 e. The molecule has 4 nitrogen and oxygen atoms in total. The van der Waals surface area contributed by atoms with Crippen LogP contribution in [0.5, 0.6) is 5.75 Å². The van der Waals surface area contributed by atoms with Crippen molar-refractivity contribution in [1.82, 2.24) is 4.90 Å². The number of thiophene rings is 1. The van der Waals surface area contributed by atoms with Gasteiger partial charge >= 0.3 is 0 Å². The lowest BCUT2D eigenvalue weighted by atomic mass is 9.83. The molecule has 3 heterocycles. The number of halogens is 2. The third-order valence-electron chi connectivity index (χ3n) is 5.94. The van der Waals surface area contributed by atoms with Crippen LogP contribution in [-0.2, 0) is 17.7 Å². The van der Waals surface area contributed by atoms with E-state index < -0.39 is 0 Å². The van der Waals surface area contributed by atoms with Gasteiger partial charge < -0.3 is 15.6 Å². The number of phenols is 1. The van der Waals surface area contributed by atoms with Gasteiger partial charge in [-0.1, -0.05) is 18.2 Å². The van der Waals surface area contributed by atoms with Gasteiger partial charge in [-0.05, 0) is 61.3 Å². The highest BCUT2D eigenvalue weighted by atomic mass is 35.5. The van der Waals surface area contributed by atoms with Crippen LogP contribution in [0.25, 0.3) is 0 Å². The van der Waals surface area contributed by atoms with Crippen molar-refractivity contribution >= 4 is 36.2 Å². The zero-order chi connectivity index (χ0) is 18.1. The Balaban J connectivity index is 0.00000140. The van der Waals surface area contributed by atoms with E-state index in [1.807, 2.05) is 24.3 Å². The average molecular weight is 445 g/mol. The molecule has 3 N–H and O–H groups in total. The van der Waals surface area contributed by atoms with Gasteiger partial charge in [-0.2, -0.15) is 0 Å². The number of aromatic hydroxyl groups is 1. The summed E-state index contributed by atoms with van der Waals surface area (Å²) in [7, 11) is 0. The molecule has 1 fully saturated rings. The number of benzene rings is 1. The standard InChI is InChI=1S/C21H28N2O2S.2ClH/c1-14-4-5-17-18(21(14)24)11-19(25-20(17)12-22)15-6-8-23(9-7-15)13-16-3-2-10-26-16;;/h2-5,10,15,19-20,24H,6-9,11-13,22H2,1H3;2*1H/t19-,20-;;/m0../s1. The number of rotatable bonds is 4. The first-order valence-corrected chi connectivity index (χ1v) is 10.4. The molecule has 7 heteroatoms. The Morgan fingerprint density at radius 2 is 1.96 bits per heavy atom. The lowest BCUT2D eigenvalue weighted by Crippen LogP contribution is -2.41. The highest BCUT2D eigenvalue weighted by Gasteiger charge is 2.35. The molecule has 156 valence electrons. The zero-order valence-electron chi connectivity index (χ0n) is 16.2. The topological polar surface area (TPSA) is 58.7 Å². The predicted molar refractivity (Wildman–Crippen MR) is 120 cm³/mol. The average Bonchev–Trinajstić information content (AvgIpc) is 3.17. The van der Waals surface area contributed by atoms with Gasteiger partial charge in [0, 0.05) is 30.0 Å². The molecule has 0 aliphatic carbocycles. The molecule has 2 aromatic rings. The molecule has 0 unspecified atom stereocenters. The van der Waals surface area contributed by atoms with Crippen LogP contribution in [0.4, 0.5) is 0 Å². The molecule has 2 atom stereocenters. The highest BCUT2D eigenvalue weighted by Crippen LogP contribution is 2.40. The van der Waals surface area contributed by atoms with Gasteiger partial charge in [0.2, 0.25) is 0 Å². The summed E-state index contributed by atoms with van der Waals surface area (Å²) < 4.78 is 6.38. The van der Waals surface area contributed by atoms with E-state index in [-0.39, 0.29) is 37.0 Å². The van der Waals surface area contributed by atoms with Gasteiger partial charge in [0.15, 0.2) is 0 Å². The van der Waals surface area contributed by atoms with E-state index in [1.54, 1.807) is 0 Å². The zero-order valence-corrected chi connectivity index (χ0v) is 18.6. The number of hydrogen-bond acceptors (Lipinski definition) is 5. The number of hydrogen-bond donors (Lipinski definition) is 2. The molecule has 2 aliphatic rings. The minimum atomic E-state index is -0.0978. The second-order valence-electron chi connectivity index (χ2n) is 7.59. The van der Waals surface area contributed by atoms with Crippen molar-refractivity contribution in [2.45, 2.75) is 44.9 Å². The number of nitrogens with zero attached hydrogens (tertiary/aromatic N) is 1. The number of phenolic OH excluding ortho intramolecular Hbond substituents is 1. The first kappa shape index (κ1) is 23.5. The van der Waals surface area contributed by atoms with E-state index in [4.69, 9.17) is 10.5 Å². The van der Waals surface area contributed by atoms with Crippen LogP contribution in [0.1, 0.15) is 40.5 Å². The number of nitrogens with two attached hydrogens (primary N) is 1. The number of likely N-dealkylation sites (tertiary alicyclic amines) is 1. The Morgan fingerprint density at radius 3 is 2.61 bits per heavy atom. The fraction of sp³-hybridized carbons (Fsp3) is 0.524. The molecule has 1 aromatic heterocycles. The summed E-state index contributed by atoms with van der Waals surface area (Å²) in [5.41, 5.74) is 9.04. The SMILES string of the molecule is Cc1ccc2c(c1O)C[C@@H](C1CCN(Cc3cccs3)CC1)O[C@H]2CN.Cl.Cl. The van der Waals surface area contributed by atoms with Crippen LogP contribution < -0.4 is 5.73 Å². The van der Waals surface area contributed by atoms with Crippen LogP contribution >= 0.6 is 36.2 Å². The number of ether oxygens (including phenoxy) is 1. The molecule has 28 heavy (non-hydrogen) atoms. The minimum Gasteiger partial charge on any atom is -0.507 e. The second kappa shape index (κ2) is 10.3. The molecular weight excluding hydrogens is 415 g/mol. The van der Waals surface area contributed by atoms with Gasteiger partial charge in [0.1, 0.15) is 5.75 Å². The maximum atomic E-state index is 10.6. The Morgan fingerprint density at radius 1 is 1.21 bits per heavy atom. The molecule has 0 saturated carbocycles. The van der Waals surface area contributed by atoms with Crippen molar-refractivity contribution in [1.29, 1.82) is 0 Å². The van der Waals surface area contributed by atoms with Crippen molar-refractivity contribution in [3.05, 3.63) is 51.2 Å². The van der Waals surface area contributed by atoms with Gasteiger partial charge in [0.05, 0.1) is 12.2 Å². The lowest BCUT2D eigenvalue weighted by molar-refractivity contribution is -0.0650. The number of aryl methyl sites for hydroxylation is 1. The quantitative estimate of drug-likeness (QED) is 0.730. The van der Waals surface area contributed by atoms with Crippen LogP contribution in [0.15, 0.2) is 29.6 Å². The molecule has 0 bridgehead atoms. The molecule has 0 radical (unpaired) electrons. The van der Waals surface area contributed by atoms with Gasteiger partial charge in [-0.25, -0.2) is 0 Å². The second-order valence-corrected chi connectivity index (χ2v) is 8.63. The maximum absolute atomic E-state index is 10.6. The number of piperidine rings is 1. The summed E-state index contributed by atoms with van der Waals surface area (Å²) in [6.45, 7) is 5.71. The van der Waals surface area contributed by atoms with Crippen molar-refractivity contribution in [3.63, 3.8) is 0 Å². The van der Waals surface area contributed by atoms with Crippen molar-refractivity contribution in [2.75, 3.05) is 19.6 Å². The Kier molecular flexibility index (Phi) is 8.61. The van der Waals surface area contributed by atoms with Gasteiger partial charge in [-0.3, -0.25) is 4.90 Å². The number of fused-ring (bicyclic) bond motifs is 1. The first-order chi connectivity index (χ1) is 12.7. The maximum Gasteiger partial charge on any atom is 0.122 e. The van der Waals surface area contributed by atoms with E-state index in [0.717, 1.165) is 55.6 Å². The van der Waals surface area contributed by atoms with Crippen LogP contribution in [-0.4, -0.2) is 35.7 Å². The third kappa shape index (κ3) is 4.84. The van der Waals surface area contributed by atoms with E-state index in [1.165, 1.54) is 4.88 Å². The Labute approximate surface area is 183 Å². The molecule has 0 spiro atoms. The normalized spacial score (nSPS) is 22.8. The molecule has 0 amide bonds. The Hall–Kier alpha value is -0.820. The molecular formula is C21H30Cl2N2O2S. The summed E-state index contributed by atoms with van der Waals surface area (Å²) in [4.78, 5) is 3.98. The summed E-state index contributed by atoms with van der Waals surface area (Å²) >= 11 is 1.84. The van der Waals surface area contributed by atoms with Crippen molar-refractivity contribution in [3.8, 4) is 5.75 Å². The first-order valence-electron chi connectivity index (χ1n) is 9.57. The smallest absolute Gasteiger partial charge is 0.122 e. The fourth-order valence-corrected chi connectivity index (χ4v) is 5.13. The summed E-state index contributed by atoms with van der Waals surface area (Å²) in [5.74, 6) is 0.973. The van der Waals surface area contributed by atoms with Crippen LogP contribution in [0, 0.1) is 12.8 Å². The molecule has 4 rings (SSSR count). The Bertz CT molecular complexity index is 749. The van der Waals surface area contributed by atoms with Crippen LogP contribution in [0.2, 0.25) is 0 Å². The molecule has 1 saturated heterocycles. The lowest BCUT2D eigenvalue weighted by Gasteiger charge is -2.40. The van der Waals surface area contributed by atoms with E-state index in [9.17, 15) is 5.11 Å². The molecule has 1 aromatic carbocycles. The monoisotopic (exact) mass is 444 g/mol. The minimum absolute atomic E-state index is 0. The fourth-order valence-electron chi connectivity index (χ4n) is 4.38. The summed E-state index contributed by atoms with van der Waals surface area (Å²) in [5, 5.41) is 12.7. The van der Waals surface area contributed by atoms with Crippen molar-refractivity contribution < 1.29 is 9.84 Å². The van der Waals surface area contributed by atoms with E-state index in [0.29, 0.717) is 18.2 Å². The van der Waals surface area contributed by atoms with Gasteiger partial charge in [-0.15, -0.1) is 36.2 Å². The van der Waals surface area contributed by atoms with Crippen LogP contribution in [0.3, 0.4) is 0 Å². The van der Waals surface area contributed by atoms with E-state index >= 15 is 0 Å².